The van der Waals surface area contributed by atoms with Crippen molar-refractivity contribution in [2.75, 3.05) is 58.5 Å². The van der Waals surface area contributed by atoms with Gasteiger partial charge in [-0.2, -0.15) is 5.10 Å². The summed E-state index contributed by atoms with van der Waals surface area (Å²) >= 11 is 0. The minimum absolute atomic E-state index is 0.0628. The maximum absolute atomic E-state index is 13.4. The number of carbonyl (C=O) groups excluding carboxylic acids is 1. The Morgan fingerprint density at radius 1 is 1.08 bits per heavy atom. The molecule has 1 aromatic heterocycles. The number of hydrogen-bond donors (Lipinski definition) is 1. The van der Waals surface area contributed by atoms with Crippen molar-refractivity contribution in [3.8, 4) is 17.0 Å². The first-order valence-electron chi connectivity index (χ1n) is 13.6. The molecular formula is C30H39N5O3. The Labute approximate surface area is 225 Å². The first-order valence-corrected chi connectivity index (χ1v) is 13.6. The molecule has 0 bridgehead atoms. The number of nitrogens with one attached hydrogen (secondary N) is 1. The van der Waals surface area contributed by atoms with E-state index in [4.69, 9.17) is 14.6 Å². The number of rotatable bonds is 7. The van der Waals surface area contributed by atoms with E-state index in [-0.39, 0.29) is 11.9 Å². The van der Waals surface area contributed by atoms with Gasteiger partial charge in [0, 0.05) is 62.4 Å². The van der Waals surface area contributed by atoms with Crippen LogP contribution in [0.4, 0.5) is 5.69 Å². The van der Waals surface area contributed by atoms with Crippen LogP contribution in [0, 0.1) is 6.92 Å². The number of piperazine rings is 1. The van der Waals surface area contributed by atoms with Crippen molar-refractivity contribution in [2.45, 2.75) is 38.8 Å². The molecule has 2 aliphatic rings. The lowest BCUT2D eigenvalue weighted by Gasteiger charge is -2.34. The summed E-state index contributed by atoms with van der Waals surface area (Å²) in [5.41, 5.74) is 5.59. The molecule has 2 fully saturated rings. The van der Waals surface area contributed by atoms with E-state index in [1.54, 1.807) is 7.11 Å². The molecular weight excluding hydrogens is 478 g/mol. The molecule has 1 atom stereocenters. The van der Waals surface area contributed by atoms with Gasteiger partial charge in [0.05, 0.1) is 24.9 Å². The summed E-state index contributed by atoms with van der Waals surface area (Å²) in [4.78, 5) is 18.1. The average molecular weight is 518 g/mol. The second kappa shape index (κ2) is 11.6. The minimum Gasteiger partial charge on any atom is -0.496 e. The number of benzene rings is 2. The molecule has 2 saturated heterocycles. The summed E-state index contributed by atoms with van der Waals surface area (Å²) in [6, 6.07) is 14.5. The van der Waals surface area contributed by atoms with Crippen molar-refractivity contribution in [3.05, 3.63) is 65.4 Å². The third kappa shape index (κ3) is 5.71. The highest BCUT2D eigenvalue weighted by molar-refractivity contribution is 5.97. The van der Waals surface area contributed by atoms with Crippen LogP contribution < -0.4 is 15.0 Å². The number of ether oxygens (including phenoxy) is 2. The monoisotopic (exact) mass is 517 g/mol. The molecule has 0 saturated carbocycles. The van der Waals surface area contributed by atoms with Gasteiger partial charge in [0.15, 0.2) is 0 Å². The van der Waals surface area contributed by atoms with Crippen LogP contribution in [0.1, 0.15) is 53.3 Å². The zero-order valence-corrected chi connectivity index (χ0v) is 22.9. The fourth-order valence-electron chi connectivity index (χ4n) is 5.30. The Morgan fingerprint density at radius 2 is 1.84 bits per heavy atom. The van der Waals surface area contributed by atoms with Crippen LogP contribution >= 0.6 is 0 Å². The van der Waals surface area contributed by atoms with E-state index >= 15 is 0 Å². The van der Waals surface area contributed by atoms with Crippen molar-refractivity contribution >= 4 is 11.6 Å². The summed E-state index contributed by atoms with van der Waals surface area (Å²) in [5.74, 6) is 0.701. The standard InChI is InChI=1S/C30H39N5O3/c1-21-5-7-25(34-15-13-33(3)14-16-34)20-26(21)30(36)31-22(2)23-6-8-29(37-4)27(19-23)28-9-12-35(32-28)24-10-17-38-18-11-24/h5-9,12,19-20,22,24H,10-11,13-18H2,1-4H3,(H,31,36)/t22-/m1/s1. The molecule has 0 radical (unpaired) electrons. The molecule has 38 heavy (non-hydrogen) atoms. The lowest BCUT2D eigenvalue weighted by molar-refractivity contribution is 0.0663. The van der Waals surface area contributed by atoms with E-state index < -0.39 is 0 Å². The predicted octanol–water partition coefficient (Wildman–Crippen LogP) is 4.46. The van der Waals surface area contributed by atoms with E-state index in [2.05, 4.69) is 34.3 Å². The van der Waals surface area contributed by atoms with Gasteiger partial charge in [0.2, 0.25) is 0 Å². The molecule has 1 amide bonds. The summed E-state index contributed by atoms with van der Waals surface area (Å²) in [5, 5.41) is 8.10. The first-order chi connectivity index (χ1) is 18.4. The number of methoxy groups -OCH3 is 1. The molecule has 8 nitrogen and oxygen atoms in total. The number of likely N-dealkylation sites (N-methyl/N-ethyl adjacent to an activating group) is 1. The molecule has 0 aliphatic carbocycles. The fraction of sp³-hybridized carbons (Fsp3) is 0.467. The smallest absolute Gasteiger partial charge is 0.252 e. The van der Waals surface area contributed by atoms with E-state index in [9.17, 15) is 4.79 Å². The number of carbonyl (C=O) groups is 1. The molecule has 0 spiro atoms. The summed E-state index contributed by atoms with van der Waals surface area (Å²) in [6.45, 7) is 9.55. The third-order valence-corrected chi connectivity index (χ3v) is 7.85. The Hall–Kier alpha value is -3.36. The quantitative estimate of drug-likeness (QED) is 0.499. The Kier molecular flexibility index (Phi) is 8.00. The van der Waals surface area contributed by atoms with Gasteiger partial charge in [-0.1, -0.05) is 12.1 Å². The zero-order valence-electron chi connectivity index (χ0n) is 22.9. The third-order valence-electron chi connectivity index (χ3n) is 7.85. The maximum atomic E-state index is 13.4. The van der Waals surface area contributed by atoms with E-state index in [0.717, 1.165) is 91.6 Å². The fourth-order valence-corrected chi connectivity index (χ4v) is 5.30. The normalized spacial score (nSPS) is 17.8. The second-order valence-electron chi connectivity index (χ2n) is 10.5. The number of aryl methyl sites for hydroxylation is 1. The zero-order chi connectivity index (χ0) is 26.6. The Balaban J connectivity index is 1.33. The lowest BCUT2D eigenvalue weighted by Crippen LogP contribution is -2.44. The van der Waals surface area contributed by atoms with Crippen molar-refractivity contribution in [1.29, 1.82) is 0 Å². The van der Waals surface area contributed by atoms with Gasteiger partial charge in [0.1, 0.15) is 5.75 Å². The summed E-state index contributed by atoms with van der Waals surface area (Å²) in [6.07, 6.45) is 3.98. The number of aromatic nitrogens is 2. The van der Waals surface area contributed by atoms with E-state index in [0.29, 0.717) is 6.04 Å². The molecule has 3 aromatic rings. The maximum Gasteiger partial charge on any atom is 0.252 e. The van der Waals surface area contributed by atoms with Gasteiger partial charge in [-0.05, 0) is 75.2 Å². The average Bonchev–Trinajstić information content (AvgIpc) is 3.44. The number of nitrogens with zero attached hydrogens (tertiary/aromatic N) is 4. The van der Waals surface area contributed by atoms with Crippen molar-refractivity contribution in [1.82, 2.24) is 20.0 Å². The highest BCUT2D eigenvalue weighted by Gasteiger charge is 2.21. The van der Waals surface area contributed by atoms with Crippen LogP contribution in [-0.2, 0) is 4.74 Å². The Bertz CT molecular complexity index is 1260. The van der Waals surface area contributed by atoms with Crippen LogP contribution in [0.3, 0.4) is 0 Å². The number of anilines is 1. The highest BCUT2D eigenvalue weighted by Crippen LogP contribution is 2.33. The van der Waals surface area contributed by atoms with Gasteiger partial charge in [0.25, 0.3) is 5.91 Å². The summed E-state index contributed by atoms with van der Waals surface area (Å²) in [7, 11) is 3.82. The molecule has 3 heterocycles. The molecule has 8 heteroatoms. The first kappa shape index (κ1) is 26.3. The lowest BCUT2D eigenvalue weighted by atomic mass is 10.0. The van der Waals surface area contributed by atoms with Gasteiger partial charge in [-0.15, -0.1) is 0 Å². The van der Waals surface area contributed by atoms with Crippen LogP contribution in [-0.4, -0.2) is 74.1 Å². The molecule has 2 aliphatic heterocycles. The molecule has 202 valence electrons. The van der Waals surface area contributed by atoms with Gasteiger partial charge < -0.3 is 24.6 Å². The molecule has 1 N–H and O–H groups in total. The van der Waals surface area contributed by atoms with Crippen LogP contribution in [0.2, 0.25) is 0 Å². The highest BCUT2D eigenvalue weighted by atomic mass is 16.5. The largest absolute Gasteiger partial charge is 0.496 e. The van der Waals surface area contributed by atoms with Crippen LogP contribution in [0.25, 0.3) is 11.3 Å². The van der Waals surface area contributed by atoms with Crippen molar-refractivity contribution in [3.63, 3.8) is 0 Å². The second-order valence-corrected chi connectivity index (χ2v) is 10.5. The van der Waals surface area contributed by atoms with E-state index in [1.807, 2.05) is 55.1 Å². The van der Waals surface area contributed by atoms with E-state index in [1.165, 1.54) is 0 Å². The predicted molar refractivity (Wildman–Crippen MR) is 150 cm³/mol. The molecule has 5 rings (SSSR count). The number of amides is 1. The number of hydrogen-bond acceptors (Lipinski definition) is 6. The van der Waals surface area contributed by atoms with Crippen LogP contribution in [0.5, 0.6) is 5.75 Å². The Morgan fingerprint density at radius 3 is 2.58 bits per heavy atom. The van der Waals surface area contributed by atoms with Crippen molar-refractivity contribution < 1.29 is 14.3 Å². The molecule has 0 unspecified atom stereocenters. The summed E-state index contributed by atoms with van der Waals surface area (Å²) < 4.78 is 13.2. The van der Waals surface area contributed by atoms with Crippen molar-refractivity contribution in [2.24, 2.45) is 0 Å². The van der Waals surface area contributed by atoms with Crippen LogP contribution in [0.15, 0.2) is 48.7 Å². The topological polar surface area (TPSA) is 71.9 Å². The molecule has 2 aromatic carbocycles. The van der Waals surface area contributed by atoms with Gasteiger partial charge >= 0.3 is 0 Å². The SMILES string of the molecule is COc1ccc([C@@H](C)NC(=O)c2cc(N3CCN(C)CC3)ccc2C)cc1-c1ccn(C2CCOCC2)n1. The van der Waals surface area contributed by atoms with Gasteiger partial charge in [-0.3, -0.25) is 9.48 Å². The van der Waals surface area contributed by atoms with Gasteiger partial charge in [-0.25, -0.2) is 0 Å². The minimum atomic E-state index is -0.184.